The number of hydrogen-bond donors (Lipinski definition) is 8. The topological polar surface area (TPSA) is 226 Å². The molecule has 3 saturated heterocycles. The molecule has 3 saturated carbocycles. The summed E-state index contributed by atoms with van der Waals surface area (Å²) < 4.78 is 41.6. The smallest absolute Gasteiger partial charge is 0.187 e. The van der Waals surface area contributed by atoms with Crippen LogP contribution in [0.25, 0.3) is 0 Å². The SMILES string of the molecule is COC1C(O)C(C)OC(OC2CCC3(C)C(C=CC4C3CCC3(C)C4CCC3(O)C(C)OC3CC(O)C(OC4OC(CO)C(O)C(O)C4O)C(C)O3)C2)C1O. The molecule has 3 heterocycles. The Morgan fingerprint density at radius 3 is 2.15 bits per heavy atom. The summed E-state index contributed by atoms with van der Waals surface area (Å²) in [6.07, 6.45) is -5.13. The molecule has 15 heteroatoms. The van der Waals surface area contributed by atoms with E-state index >= 15 is 0 Å². The van der Waals surface area contributed by atoms with Crippen molar-refractivity contribution in [1.82, 2.24) is 0 Å². The number of allylic oxidation sites excluding steroid dienone is 2. The summed E-state index contributed by atoms with van der Waals surface area (Å²) in [5.41, 5.74) is -1.49. The zero-order valence-corrected chi connectivity index (χ0v) is 33.0. The molecular formula is C40H66O15. The molecule has 0 aromatic rings. The van der Waals surface area contributed by atoms with Crippen LogP contribution in [-0.2, 0) is 33.2 Å². The standard InChI is InChI=1S/C40H66O15/c1-18-29(43)35(49-6)33(47)37(51-18)53-22-9-12-38(4)21(15-22)7-8-23-24(38)10-13-39(5)25(23)11-14-40(39,48)20(3)52-28-16-26(42)34(19(2)50-28)55-36-32(46)31(45)30(44)27(17-41)54-36/h7-8,18-37,41-48H,9-17H2,1-6H3. The van der Waals surface area contributed by atoms with Gasteiger partial charge in [0.25, 0.3) is 0 Å². The highest BCUT2D eigenvalue weighted by molar-refractivity contribution is 5.21. The second kappa shape index (κ2) is 16.0. The average Bonchev–Trinajstić information content (AvgIpc) is 3.43. The van der Waals surface area contributed by atoms with Gasteiger partial charge in [-0.15, -0.1) is 0 Å². The third-order valence-electron chi connectivity index (χ3n) is 15.5. The summed E-state index contributed by atoms with van der Waals surface area (Å²) in [7, 11) is 1.47. The number of fused-ring (bicyclic) bond motifs is 5. The first-order valence-corrected chi connectivity index (χ1v) is 20.5. The quantitative estimate of drug-likeness (QED) is 0.149. The van der Waals surface area contributed by atoms with E-state index in [-0.39, 0.29) is 23.9 Å². The molecule has 4 aliphatic carbocycles. The molecule has 0 aromatic heterocycles. The molecule has 3 aliphatic heterocycles. The second-order valence-electron chi connectivity index (χ2n) is 18.3. The van der Waals surface area contributed by atoms with Crippen LogP contribution < -0.4 is 0 Å². The van der Waals surface area contributed by atoms with Crippen molar-refractivity contribution in [3.63, 3.8) is 0 Å². The Balaban J connectivity index is 0.970. The van der Waals surface area contributed by atoms with Gasteiger partial charge in [0.05, 0.1) is 42.7 Å². The van der Waals surface area contributed by atoms with Gasteiger partial charge in [-0.2, -0.15) is 0 Å². The molecule has 0 radical (unpaired) electrons. The Labute approximate surface area is 323 Å². The molecule has 0 spiro atoms. The molecule has 55 heavy (non-hydrogen) atoms. The first-order chi connectivity index (χ1) is 26.0. The zero-order valence-electron chi connectivity index (χ0n) is 33.0. The van der Waals surface area contributed by atoms with E-state index in [1.165, 1.54) is 7.11 Å². The highest BCUT2D eigenvalue weighted by atomic mass is 16.7. The lowest BCUT2D eigenvalue weighted by Crippen LogP contribution is -2.62. The highest BCUT2D eigenvalue weighted by Crippen LogP contribution is 2.67. The third kappa shape index (κ3) is 7.18. The summed E-state index contributed by atoms with van der Waals surface area (Å²) in [5.74, 6) is 1.30. The van der Waals surface area contributed by atoms with Gasteiger partial charge in [0, 0.05) is 18.9 Å². The van der Waals surface area contributed by atoms with Crippen LogP contribution in [0, 0.1) is 34.5 Å². The number of methoxy groups -OCH3 is 1. The molecule has 0 amide bonds. The van der Waals surface area contributed by atoms with Crippen molar-refractivity contribution in [3.8, 4) is 0 Å². The summed E-state index contributed by atoms with van der Waals surface area (Å²) >= 11 is 0. The van der Waals surface area contributed by atoms with E-state index in [1.807, 2.05) is 6.92 Å². The average molecular weight is 787 g/mol. The number of ether oxygens (including phenoxy) is 7. The fourth-order valence-electron chi connectivity index (χ4n) is 12.0. The molecule has 7 aliphatic rings. The van der Waals surface area contributed by atoms with Gasteiger partial charge >= 0.3 is 0 Å². The summed E-state index contributed by atoms with van der Waals surface area (Å²) in [6, 6.07) is 0. The molecule has 0 bridgehead atoms. The van der Waals surface area contributed by atoms with Gasteiger partial charge in [0.2, 0.25) is 0 Å². The lowest BCUT2D eigenvalue weighted by atomic mass is 9.46. The van der Waals surface area contributed by atoms with E-state index in [2.05, 4.69) is 26.0 Å². The Hall–Kier alpha value is -0.860. The number of rotatable bonds is 9. The van der Waals surface area contributed by atoms with Crippen LogP contribution in [0.4, 0.5) is 0 Å². The van der Waals surface area contributed by atoms with Gasteiger partial charge in [0.1, 0.15) is 48.8 Å². The lowest BCUT2D eigenvalue weighted by Gasteiger charge is -2.60. The highest BCUT2D eigenvalue weighted by Gasteiger charge is 2.66. The van der Waals surface area contributed by atoms with E-state index in [9.17, 15) is 40.9 Å². The normalized spacial score (nSPS) is 56.0. The maximum Gasteiger partial charge on any atom is 0.187 e. The molecule has 8 N–H and O–H groups in total. The monoisotopic (exact) mass is 786 g/mol. The molecule has 23 atom stereocenters. The van der Waals surface area contributed by atoms with Gasteiger partial charge < -0.3 is 74.0 Å². The van der Waals surface area contributed by atoms with E-state index in [4.69, 9.17) is 33.2 Å². The van der Waals surface area contributed by atoms with Crippen LogP contribution in [-0.4, -0.2) is 158 Å². The van der Waals surface area contributed by atoms with E-state index in [0.29, 0.717) is 24.2 Å². The zero-order chi connectivity index (χ0) is 39.8. The Morgan fingerprint density at radius 2 is 1.45 bits per heavy atom. The van der Waals surface area contributed by atoms with Crippen molar-refractivity contribution in [3.05, 3.63) is 12.2 Å². The van der Waals surface area contributed by atoms with Gasteiger partial charge in [-0.1, -0.05) is 26.0 Å². The molecule has 0 aromatic carbocycles. The van der Waals surface area contributed by atoms with Crippen LogP contribution in [0.2, 0.25) is 0 Å². The van der Waals surface area contributed by atoms with Crippen LogP contribution in [0.3, 0.4) is 0 Å². The minimum absolute atomic E-state index is 0.0324. The maximum absolute atomic E-state index is 12.6. The number of aliphatic hydroxyl groups excluding tert-OH is 7. The van der Waals surface area contributed by atoms with Crippen molar-refractivity contribution in [2.45, 2.75) is 190 Å². The van der Waals surface area contributed by atoms with Gasteiger partial charge in [-0.05, 0) is 94.8 Å². The first-order valence-electron chi connectivity index (χ1n) is 20.5. The maximum atomic E-state index is 12.6. The van der Waals surface area contributed by atoms with Crippen molar-refractivity contribution >= 4 is 0 Å². The van der Waals surface area contributed by atoms with Crippen LogP contribution in [0.15, 0.2) is 12.2 Å². The third-order valence-corrected chi connectivity index (χ3v) is 15.5. The summed E-state index contributed by atoms with van der Waals surface area (Å²) in [5, 5.41) is 85.3. The summed E-state index contributed by atoms with van der Waals surface area (Å²) in [4.78, 5) is 0. The fraction of sp³-hybridized carbons (Fsp3) is 0.950. The molecule has 6 fully saturated rings. The van der Waals surface area contributed by atoms with Gasteiger partial charge in [-0.25, -0.2) is 0 Å². The van der Waals surface area contributed by atoms with Crippen LogP contribution in [0.1, 0.15) is 86.0 Å². The first kappa shape index (κ1) is 42.3. The van der Waals surface area contributed by atoms with Crippen LogP contribution in [0.5, 0.6) is 0 Å². The van der Waals surface area contributed by atoms with Gasteiger partial charge in [-0.3, -0.25) is 0 Å². The van der Waals surface area contributed by atoms with Crippen molar-refractivity contribution in [1.29, 1.82) is 0 Å². The number of aliphatic hydroxyl groups is 8. The Kier molecular flexibility index (Phi) is 12.3. The molecule has 316 valence electrons. The van der Waals surface area contributed by atoms with Crippen LogP contribution >= 0.6 is 0 Å². The van der Waals surface area contributed by atoms with E-state index in [0.717, 1.165) is 38.5 Å². The minimum atomic E-state index is -1.61. The van der Waals surface area contributed by atoms with E-state index in [1.54, 1.807) is 13.8 Å². The lowest BCUT2D eigenvalue weighted by molar-refractivity contribution is -0.347. The molecule has 7 rings (SSSR count). The Bertz CT molecular complexity index is 1340. The minimum Gasteiger partial charge on any atom is -0.394 e. The van der Waals surface area contributed by atoms with Crippen molar-refractivity contribution < 1.29 is 74.0 Å². The largest absolute Gasteiger partial charge is 0.394 e. The predicted octanol–water partition coefficient (Wildman–Crippen LogP) is 0.489. The van der Waals surface area contributed by atoms with E-state index < -0.39 is 110 Å². The molecule has 15 nitrogen and oxygen atoms in total. The molecular weight excluding hydrogens is 720 g/mol. The molecule has 23 unspecified atom stereocenters. The van der Waals surface area contributed by atoms with Crippen molar-refractivity contribution in [2.24, 2.45) is 34.5 Å². The van der Waals surface area contributed by atoms with Gasteiger partial charge in [0.15, 0.2) is 18.9 Å². The summed E-state index contributed by atoms with van der Waals surface area (Å²) in [6.45, 7) is 9.36. The second-order valence-corrected chi connectivity index (χ2v) is 18.3. The van der Waals surface area contributed by atoms with Crippen molar-refractivity contribution in [2.75, 3.05) is 13.7 Å². The number of hydrogen-bond acceptors (Lipinski definition) is 15. The fourth-order valence-corrected chi connectivity index (χ4v) is 12.0. The Morgan fingerprint density at radius 1 is 0.745 bits per heavy atom. The predicted molar refractivity (Wildman–Crippen MR) is 193 cm³/mol.